The van der Waals surface area contributed by atoms with Crippen LogP contribution in [0.3, 0.4) is 0 Å². The highest BCUT2D eigenvalue weighted by molar-refractivity contribution is 5.93. The zero-order valence-corrected chi connectivity index (χ0v) is 13.4. The number of nitrogens with zero attached hydrogens (tertiary/aromatic N) is 4. The molecule has 0 bridgehead atoms. The van der Waals surface area contributed by atoms with E-state index in [9.17, 15) is 4.79 Å². The lowest BCUT2D eigenvalue weighted by atomic mass is 10.2. The molecule has 2 heterocycles. The highest BCUT2D eigenvalue weighted by Gasteiger charge is 2.16. The predicted octanol–water partition coefficient (Wildman–Crippen LogP) is 3.11. The van der Waals surface area contributed by atoms with Crippen LogP contribution in [-0.2, 0) is 13.1 Å². The van der Waals surface area contributed by atoms with Crippen LogP contribution >= 0.6 is 0 Å². The first kappa shape index (κ1) is 15.2. The van der Waals surface area contributed by atoms with Crippen LogP contribution in [0.5, 0.6) is 0 Å². The molecule has 0 fully saturated rings. The van der Waals surface area contributed by atoms with Crippen LogP contribution in [0.15, 0.2) is 48.8 Å². The Morgan fingerprint density at radius 3 is 2.78 bits per heavy atom. The number of aromatic nitrogens is 3. The number of carbonyl (C=O) groups is 1. The topological polar surface area (TPSA) is 51.0 Å². The summed E-state index contributed by atoms with van der Waals surface area (Å²) >= 11 is 0. The van der Waals surface area contributed by atoms with E-state index in [1.807, 2.05) is 18.2 Å². The minimum Gasteiger partial charge on any atom is -0.334 e. The normalized spacial score (nSPS) is 10.9. The van der Waals surface area contributed by atoms with Crippen LogP contribution in [-0.4, -0.2) is 32.4 Å². The molecular weight excluding hydrogens is 288 g/mol. The second kappa shape index (κ2) is 6.60. The maximum atomic E-state index is 12.5. The quantitative estimate of drug-likeness (QED) is 0.727. The Kier molecular flexibility index (Phi) is 4.37. The van der Waals surface area contributed by atoms with Crippen LogP contribution in [0, 0.1) is 0 Å². The molecule has 1 amide bonds. The van der Waals surface area contributed by atoms with E-state index in [2.05, 4.69) is 22.5 Å². The lowest BCUT2D eigenvalue weighted by molar-refractivity contribution is 0.0780. The molecule has 3 aromatic rings. The zero-order chi connectivity index (χ0) is 16.2. The largest absolute Gasteiger partial charge is 0.334 e. The van der Waals surface area contributed by atoms with Gasteiger partial charge in [-0.2, -0.15) is 0 Å². The second-order valence-corrected chi connectivity index (χ2v) is 5.57. The van der Waals surface area contributed by atoms with Gasteiger partial charge in [0.15, 0.2) is 0 Å². The molecule has 0 aliphatic heterocycles. The Morgan fingerprint density at radius 1 is 1.22 bits per heavy atom. The number of hydrogen-bond acceptors (Lipinski definition) is 3. The number of hydrogen-bond donors (Lipinski definition) is 0. The van der Waals surface area contributed by atoms with Gasteiger partial charge >= 0.3 is 0 Å². The first-order valence-corrected chi connectivity index (χ1v) is 7.80. The SMILES string of the molecule is CCCn1c(CN(C)C(=O)c2cccnc2)nc2ccccc21. The maximum Gasteiger partial charge on any atom is 0.255 e. The van der Waals surface area contributed by atoms with E-state index >= 15 is 0 Å². The van der Waals surface area contributed by atoms with Crippen molar-refractivity contribution in [3.05, 3.63) is 60.2 Å². The smallest absolute Gasteiger partial charge is 0.255 e. The Morgan fingerprint density at radius 2 is 2.04 bits per heavy atom. The van der Waals surface area contributed by atoms with Gasteiger partial charge in [-0.25, -0.2) is 4.98 Å². The summed E-state index contributed by atoms with van der Waals surface area (Å²) in [7, 11) is 1.80. The van der Waals surface area contributed by atoms with Crippen molar-refractivity contribution in [3.8, 4) is 0 Å². The van der Waals surface area contributed by atoms with E-state index in [-0.39, 0.29) is 5.91 Å². The highest BCUT2D eigenvalue weighted by atomic mass is 16.2. The molecule has 1 aromatic carbocycles. The number of pyridine rings is 1. The number of rotatable bonds is 5. The van der Waals surface area contributed by atoms with E-state index in [0.717, 1.165) is 29.8 Å². The molecule has 0 aliphatic carbocycles. The Labute approximate surface area is 135 Å². The summed E-state index contributed by atoms with van der Waals surface area (Å²) in [5.41, 5.74) is 2.68. The van der Waals surface area contributed by atoms with E-state index in [1.165, 1.54) is 0 Å². The van der Waals surface area contributed by atoms with Crippen molar-refractivity contribution in [2.45, 2.75) is 26.4 Å². The Hall–Kier alpha value is -2.69. The maximum absolute atomic E-state index is 12.5. The van der Waals surface area contributed by atoms with Gasteiger partial charge in [0, 0.05) is 26.0 Å². The standard InChI is InChI=1S/C18H20N4O/c1-3-11-22-16-9-5-4-8-15(16)20-17(22)13-21(2)18(23)14-7-6-10-19-12-14/h4-10,12H,3,11,13H2,1-2H3. The third-order valence-corrected chi connectivity index (χ3v) is 3.81. The molecular formula is C18H20N4O. The predicted molar refractivity (Wildman–Crippen MR) is 90.1 cm³/mol. The number of imidazole rings is 1. The fourth-order valence-corrected chi connectivity index (χ4v) is 2.71. The molecule has 5 heteroatoms. The van der Waals surface area contributed by atoms with E-state index < -0.39 is 0 Å². The summed E-state index contributed by atoms with van der Waals surface area (Å²) in [5.74, 6) is 0.862. The molecule has 118 valence electrons. The number of benzene rings is 1. The molecule has 3 rings (SSSR count). The molecule has 0 radical (unpaired) electrons. The highest BCUT2D eigenvalue weighted by Crippen LogP contribution is 2.18. The van der Waals surface area contributed by atoms with Crippen molar-refractivity contribution in [1.82, 2.24) is 19.4 Å². The van der Waals surface area contributed by atoms with Crippen molar-refractivity contribution in [1.29, 1.82) is 0 Å². The van der Waals surface area contributed by atoms with Crippen LogP contribution in [0.2, 0.25) is 0 Å². The number of para-hydroxylation sites is 2. The molecule has 0 unspecified atom stereocenters. The molecule has 0 N–H and O–H groups in total. The van der Waals surface area contributed by atoms with Crippen molar-refractivity contribution in [2.24, 2.45) is 0 Å². The minimum atomic E-state index is -0.0480. The van der Waals surface area contributed by atoms with Crippen LogP contribution < -0.4 is 0 Å². The van der Waals surface area contributed by atoms with Gasteiger partial charge in [0.05, 0.1) is 23.1 Å². The molecule has 0 atom stereocenters. The number of carbonyl (C=O) groups excluding carboxylic acids is 1. The Bertz CT molecular complexity index is 810. The number of amides is 1. The monoisotopic (exact) mass is 308 g/mol. The average Bonchev–Trinajstić information content (AvgIpc) is 2.93. The lowest BCUT2D eigenvalue weighted by Crippen LogP contribution is -2.27. The first-order chi connectivity index (χ1) is 11.2. The molecule has 0 saturated carbocycles. The van der Waals surface area contributed by atoms with Gasteiger partial charge in [-0.1, -0.05) is 19.1 Å². The molecule has 0 saturated heterocycles. The molecule has 0 aliphatic rings. The zero-order valence-electron chi connectivity index (χ0n) is 13.4. The minimum absolute atomic E-state index is 0.0480. The second-order valence-electron chi connectivity index (χ2n) is 5.57. The summed E-state index contributed by atoms with van der Waals surface area (Å²) in [4.78, 5) is 22.9. The lowest BCUT2D eigenvalue weighted by Gasteiger charge is -2.17. The van der Waals surface area contributed by atoms with Crippen LogP contribution in [0.1, 0.15) is 29.5 Å². The summed E-state index contributed by atoms with van der Waals surface area (Å²) in [6, 6.07) is 11.6. The number of fused-ring (bicyclic) bond motifs is 1. The van der Waals surface area contributed by atoms with Crippen molar-refractivity contribution in [2.75, 3.05) is 7.05 Å². The van der Waals surface area contributed by atoms with E-state index in [1.54, 1.807) is 36.5 Å². The van der Waals surface area contributed by atoms with Gasteiger partial charge in [0.2, 0.25) is 0 Å². The first-order valence-electron chi connectivity index (χ1n) is 7.80. The van der Waals surface area contributed by atoms with Crippen LogP contribution in [0.4, 0.5) is 0 Å². The van der Waals surface area contributed by atoms with Gasteiger partial charge in [-0.3, -0.25) is 9.78 Å². The van der Waals surface area contributed by atoms with Gasteiger partial charge in [0.1, 0.15) is 5.82 Å². The third-order valence-electron chi connectivity index (χ3n) is 3.81. The molecule has 23 heavy (non-hydrogen) atoms. The van der Waals surface area contributed by atoms with E-state index in [0.29, 0.717) is 12.1 Å². The fourth-order valence-electron chi connectivity index (χ4n) is 2.71. The molecule has 5 nitrogen and oxygen atoms in total. The van der Waals surface area contributed by atoms with Crippen molar-refractivity contribution < 1.29 is 4.79 Å². The van der Waals surface area contributed by atoms with Crippen LogP contribution in [0.25, 0.3) is 11.0 Å². The summed E-state index contributed by atoms with van der Waals surface area (Å²) in [5, 5.41) is 0. The van der Waals surface area contributed by atoms with Gasteiger partial charge in [-0.15, -0.1) is 0 Å². The van der Waals surface area contributed by atoms with E-state index in [4.69, 9.17) is 4.98 Å². The summed E-state index contributed by atoms with van der Waals surface area (Å²) in [6.45, 7) is 3.51. The molecule has 2 aromatic heterocycles. The van der Waals surface area contributed by atoms with Gasteiger partial charge in [0.25, 0.3) is 5.91 Å². The van der Waals surface area contributed by atoms with Gasteiger partial charge < -0.3 is 9.47 Å². The fraction of sp³-hybridized carbons (Fsp3) is 0.278. The molecule has 0 spiro atoms. The number of aryl methyl sites for hydroxylation is 1. The average molecular weight is 308 g/mol. The summed E-state index contributed by atoms with van der Waals surface area (Å²) < 4.78 is 2.20. The van der Waals surface area contributed by atoms with Gasteiger partial charge in [-0.05, 0) is 30.7 Å². The van der Waals surface area contributed by atoms with Crippen molar-refractivity contribution in [3.63, 3.8) is 0 Å². The van der Waals surface area contributed by atoms with Crippen molar-refractivity contribution >= 4 is 16.9 Å². The summed E-state index contributed by atoms with van der Waals surface area (Å²) in [6.07, 6.45) is 4.28. The Balaban J connectivity index is 1.88. The third kappa shape index (κ3) is 3.08.